The van der Waals surface area contributed by atoms with Gasteiger partial charge in [-0.1, -0.05) is 30.3 Å². The number of aliphatic hydroxyl groups is 1. The number of rotatable bonds is 7. The van der Waals surface area contributed by atoms with Gasteiger partial charge in [0.1, 0.15) is 11.7 Å². The largest absolute Gasteiger partial charge is 0.444 e. The van der Waals surface area contributed by atoms with Gasteiger partial charge in [-0.3, -0.25) is 0 Å². The molecule has 0 unspecified atom stereocenters. The molecular weight excluding hydrogens is 294 g/mol. The molecule has 0 spiro atoms. The number of amides is 1. The van der Waals surface area contributed by atoms with Crippen molar-refractivity contribution >= 4 is 6.09 Å². The molecular formula is C18H29NO4. The van der Waals surface area contributed by atoms with Crippen molar-refractivity contribution in [3.05, 3.63) is 35.9 Å². The van der Waals surface area contributed by atoms with Crippen molar-refractivity contribution < 1.29 is 19.4 Å². The Labute approximate surface area is 139 Å². The number of benzene rings is 1. The Hall–Kier alpha value is -1.59. The summed E-state index contributed by atoms with van der Waals surface area (Å²) in [7, 11) is 0. The van der Waals surface area contributed by atoms with Crippen LogP contribution in [0.15, 0.2) is 30.3 Å². The topological polar surface area (TPSA) is 59.0 Å². The van der Waals surface area contributed by atoms with Crippen LogP contribution in [0.4, 0.5) is 4.79 Å². The van der Waals surface area contributed by atoms with Crippen LogP contribution in [-0.2, 0) is 9.47 Å². The van der Waals surface area contributed by atoms with Crippen molar-refractivity contribution in [3.8, 4) is 0 Å². The van der Waals surface area contributed by atoms with Crippen LogP contribution in [0.25, 0.3) is 0 Å². The quantitative estimate of drug-likeness (QED) is 0.835. The van der Waals surface area contributed by atoms with Crippen LogP contribution < -0.4 is 0 Å². The maximum atomic E-state index is 12.5. The summed E-state index contributed by atoms with van der Waals surface area (Å²) in [4.78, 5) is 14.0. The lowest BCUT2D eigenvalue weighted by atomic mass is 10.0. The highest BCUT2D eigenvalue weighted by atomic mass is 16.6. The number of carbonyl (C=O) groups excluding carboxylic acids is 1. The molecule has 5 heteroatoms. The molecule has 1 aromatic rings. The lowest BCUT2D eigenvalue weighted by Crippen LogP contribution is -2.48. The molecule has 0 saturated heterocycles. The van der Waals surface area contributed by atoms with Gasteiger partial charge in [0, 0.05) is 13.2 Å². The van der Waals surface area contributed by atoms with Crippen LogP contribution in [-0.4, -0.2) is 47.5 Å². The fraction of sp³-hybridized carbons (Fsp3) is 0.611. The van der Waals surface area contributed by atoms with E-state index >= 15 is 0 Å². The third kappa shape index (κ3) is 5.84. The standard InChI is InChI=1S/C18H29NO4/c1-6-19(17(21)23-18(3,4)5)15(13-20)16(22-7-2)14-11-9-8-10-12-14/h8-12,15-16,20H,6-7,13H2,1-5H3/t15-,16-/m0/s1. The van der Waals surface area contributed by atoms with E-state index in [0.29, 0.717) is 13.2 Å². The van der Waals surface area contributed by atoms with Gasteiger partial charge in [0.25, 0.3) is 0 Å². The summed E-state index contributed by atoms with van der Waals surface area (Å²) >= 11 is 0. The number of aliphatic hydroxyl groups excluding tert-OH is 1. The molecule has 0 aliphatic heterocycles. The second-order valence-electron chi connectivity index (χ2n) is 6.30. The van der Waals surface area contributed by atoms with Crippen LogP contribution in [0.3, 0.4) is 0 Å². The van der Waals surface area contributed by atoms with Gasteiger partial charge in [0.2, 0.25) is 0 Å². The molecule has 0 fully saturated rings. The molecule has 5 nitrogen and oxygen atoms in total. The number of ether oxygens (including phenoxy) is 2. The Morgan fingerprint density at radius 1 is 1.22 bits per heavy atom. The first-order valence-electron chi connectivity index (χ1n) is 8.11. The molecule has 1 N–H and O–H groups in total. The van der Waals surface area contributed by atoms with Crippen molar-refractivity contribution in [1.29, 1.82) is 0 Å². The first-order chi connectivity index (χ1) is 10.8. The van der Waals surface area contributed by atoms with Crippen molar-refractivity contribution in [2.45, 2.75) is 52.4 Å². The van der Waals surface area contributed by atoms with Crippen LogP contribution in [0.5, 0.6) is 0 Å². The third-order valence-corrected chi connectivity index (χ3v) is 3.38. The summed E-state index contributed by atoms with van der Waals surface area (Å²) in [5.74, 6) is 0. The molecule has 23 heavy (non-hydrogen) atoms. The zero-order valence-corrected chi connectivity index (χ0v) is 14.8. The summed E-state index contributed by atoms with van der Waals surface area (Å²) in [5.41, 5.74) is 0.341. The summed E-state index contributed by atoms with van der Waals surface area (Å²) in [6, 6.07) is 9.13. The van der Waals surface area contributed by atoms with E-state index in [2.05, 4.69) is 0 Å². The highest BCUT2D eigenvalue weighted by molar-refractivity contribution is 5.68. The Balaban J connectivity index is 3.06. The van der Waals surface area contributed by atoms with E-state index in [1.807, 2.05) is 65.0 Å². The SMILES string of the molecule is CCO[C@@H](c1ccccc1)[C@H](CO)N(CC)C(=O)OC(C)(C)C. The van der Waals surface area contributed by atoms with Crippen molar-refractivity contribution in [2.24, 2.45) is 0 Å². The van der Waals surface area contributed by atoms with Crippen LogP contribution in [0.1, 0.15) is 46.3 Å². The van der Waals surface area contributed by atoms with Crippen molar-refractivity contribution in [1.82, 2.24) is 4.90 Å². The minimum Gasteiger partial charge on any atom is -0.444 e. The molecule has 1 rings (SSSR count). The van der Waals surface area contributed by atoms with E-state index in [9.17, 15) is 9.90 Å². The average Bonchev–Trinajstić information content (AvgIpc) is 2.49. The molecule has 0 radical (unpaired) electrons. The summed E-state index contributed by atoms with van der Waals surface area (Å²) in [6.45, 7) is 9.94. The van der Waals surface area contributed by atoms with E-state index in [0.717, 1.165) is 5.56 Å². The van der Waals surface area contributed by atoms with Gasteiger partial charge >= 0.3 is 6.09 Å². The molecule has 130 valence electrons. The second kappa shape index (κ2) is 8.89. The number of nitrogens with zero attached hydrogens (tertiary/aromatic N) is 1. The Morgan fingerprint density at radius 3 is 2.26 bits per heavy atom. The van der Waals surface area contributed by atoms with Gasteiger partial charge in [-0.15, -0.1) is 0 Å². The smallest absolute Gasteiger partial charge is 0.410 e. The molecule has 2 atom stereocenters. The molecule has 0 bridgehead atoms. The molecule has 0 aliphatic rings. The van der Waals surface area contributed by atoms with E-state index < -0.39 is 23.8 Å². The number of hydrogen-bond acceptors (Lipinski definition) is 4. The van der Waals surface area contributed by atoms with Gasteiger partial charge < -0.3 is 19.5 Å². The van der Waals surface area contributed by atoms with Crippen LogP contribution >= 0.6 is 0 Å². The molecule has 0 heterocycles. The zero-order chi connectivity index (χ0) is 17.5. The van der Waals surface area contributed by atoms with Gasteiger partial charge in [-0.25, -0.2) is 4.79 Å². The first-order valence-corrected chi connectivity index (χ1v) is 8.11. The van der Waals surface area contributed by atoms with Gasteiger partial charge in [0.05, 0.1) is 12.6 Å². The zero-order valence-electron chi connectivity index (χ0n) is 14.8. The minimum atomic E-state index is -0.585. The molecule has 0 saturated carbocycles. The summed E-state index contributed by atoms with van der Waals surface area (Å²) in [6.07, 6.45) is -0.849. The third-order valence-electron chi connectivity index (χ3n) is 3.38. The molecule has 1 aromatic carbocycles. The molecule has 0 aliphatic carbocycles. The number of likely N-dealkylation sites (N-methyl/N-ethyl adjacent to an activating group) is 1. The maximum absolute atomic E-state index is 12.5. The Kier molecular flexibility index (Phi) is 7.52. The molecule has 1 amide bonds. The number of hydrogen-bond donors (Lipinski definition) is 1. The van der Waals surface area contributed by atoms with E-state index in [-0.39, 0.29) is 6.61 Å². The fourth-order valence-corrected chi connectivity index (χ4v) is 2.43. The number of carbonyl (C=O) groups is 1. The molecule has 0 aromatic heterocycles. The highest BCUT2D eigenvalue weighted by Gasteiger charge is 2.33. The van der Waals surface area contributed by atoms with Crippen LogP contribution in [0.2, 0.25) is 0 Å². The predicted octanol–water partition coefficient (Wildman–Crippen LogP) is 3.38. The lowest BCUT2D eigenvalue weighted by Gasteiger charge is -2.36. The summed E-state index contributed by atoms with van der Waals surface area (Å²) in [5, 5.41) is 9.90. The second-order valence-corrected chi connectivity index (χ2v) is 6.30. The monoisotopic (exact) mass is 323 g/mol. The van der Waals surface area contributed by atoms with E-state index in [1.165, 1.54) is 4.90 Å². The average molecular weight is 323 g/mol. The predicted molar refractivity (Wildman–Crippen MR) is 90.3 cm³/mol. The lowest BCUT2D eigenvalue weighted by molar-refractivity contribution is -0.0429. The van der Waals surface area contributed by atoms with Gasteiger partial charge in [0.15, 0.2) is 0 Å². The van der Waals surface area contributed by atoms with E-state index in [4.69, 9.17) is 9.47 Å². The summed E-state index contributed by atoms with van der Waals surface area (Å²) < 4.78 is 11.3. The van der Waals surface area contributed by atoms with Crippen LogP contribution in [0, 0.1) is 0 Å². The first kappa shape index (κ1) is 19.5. The van der Waals surface area contributed by atoms with Gasteiger partial charge in [-0.2, -0.15) is 0 Å². The normalized spacial score (nSPS) is 14.2. The van der Waals surface area contributed by atoms with E-state index in [1.54, 1.807) is 0 Å². The van der Waals surface area contributed by atoms with Gasteiger partial charge in [-0.05, 0) is 40.2 Å². The minimum absolute atomic E-state index is 0.202. The van der Waals surface area contributed by atoms with Crippen molar-refractivity contribution in [2.75, 3.05) is 19.8 Å². The Morgan fingerprint density at radius 2 is 1.83 bits per heavy atom. The highest BCUT2D eigenvalue weighted by Crippen LogP contribution is 2.26. The fourth-order valence-electron chi connectivity index (χ4n) is 2.43. The maximum Gasteiger partial charge on any atom is 0.410 e. The Bertz CT molecular complexity index is 470. The van der Waals surface area contributed by atoms with Crippen molar-refractivity contribution in [3.63, 3.8) is 0 Å².